The van der Waals surface area contributed by atoms with E-state index in [-0.39, 0.29) is 17.1 Å². The molecule has 0 aliphatic carbocycles. The summed E-state index contributed by atoms with van der Waals surface area (Å²) in [6, 6.07) is 15.7. The number of carbonyl (C=O) groups excluding carboxylic acids is 1. The summed E-state index contributed by atoms with van der Waals surface area (Å²) in [6.07, 6.45) is 3.65. The van der Waals surface area contributed by atoms with Crippen LogP contribution in [0, 0.1) is 6.92 Å². The van der Waals surface area contributed by atoms with Crippen LogP contribution in [0.1, 0.15) is 33.3 Å². The van der Waals surface area contributed by atoms with Gasteiger partial charge in [0.15, 0.2) is 5.43 Å². The van der Waals surface area contributed by atoms with Crippen LogP contribution in [0.2, 0.25) is 5.02 Å². The summed E-state index contributed by atoms with van der Waals surface area (Å²) in [5.41, 5.74) is 2.14. The van der Waals surface area contributed by atoms with Gasteiger partial charge in [0.05, 0.1) is 17.0 Å². The number of carbonyl (C=O) groups is 1. The zero-order chi connectivity index (χ0) is 21.7. The lowest BCUT2D eigenvalue weighted by atomic mass is 9.98. The smallest absolute Gasteiger partial charge is 0.296 e. The first kappa shape index (κ1) is 19.8. The molecule has 1 aliphatic rings. The molecule has 0 bridgehead atoms. The van der Waals surface area contributed by atoms with Crippen molar-refractivity contribution in [2.45, 2.75) is 17.9 Å². The van der Waals surface area contributed by atoms with Crippen LogP contribution in [0.3, 0.4) is 0 Å². The van der Waals surface area contributed by atoms with E-state index in [9.17, 15) is 9.59 Å². The molecule has 5 rings (SSSR count). The summed E-state index contributed by atoms with van der Waals surface area (Å²) in [5, 5.41) is 0.783. The Bertz CT molecular complexity index is 1400. The first-order valence-electron chi connectivity index (χ1n) is 9.64. The van der Waals surface area contributed by atoms with E-state index in [0.29, 0.717) is 27.4 Å². The van der Waals surface area contributed by atoms with Gasteiger partial charge in [0.1, 0.15) is 11.4 Å². The lowest BCUT2D eigenvalue weighted by Gasteiger charge is -2.24. The highest BCUT2D eigenvalue weighted by Gasteiger charge is 2.44. The normalized spacial score (nSPS) is 15.5. The Hall–Kier alpha value is -3.09. The summed E-state index contributed by atoms with van der Waals surface area (Å²) in [4.78, 5) is 34.1. The number of hydrogen-bond donors (Lipinski definition) is 0. The Kier molecular flexibility index (Phi) is 4.84. The molecule has 3 heterocycles. The number of anilines is 1. The average Bonchev–Trinajstić information content (AvgIpc) is 3.07. The number of benzene rings is 2. The van der Waals surface area contributed by atoms with Crippen molar-refractivity contribution >= 4 is 46.1 Å². The Balaban J connectivity index is 1.80. The maximum absolute atomic E-state index is 13.5. The highest BCUT2D eigenvalue weighted by molar-refractivity contribution is 7.98. The number of thioether (sulfide) groups is 1. The number of rotatable bonds is 3. The number of amides is 1. The molecular weight excluding hydrogens is 432 g/mol. The highest BCUT2D eigenvalue weighted by atomic mass is 35.5. The lowest BCUT2D eigenvalue weighted by Crippen LogP contribution is -2.30. The number of fused-ring (bicyclic) bond motifs is 2. The van der Waals surface area contributed by atoms with Gasteiger partial charge < -0.3 is 4.42 Å². The molecule has 5 nitrogen and oxygen atoms in total. The molecule has 31 heavy (non-hydrogen) atoms. The standard InChI is InChI=1S/C24H17ClN2O3S/c1-13-9-10-26-19(11-13)27-21(14-3-6-16(31-2)7-4-14)20-22(28)17-12-15(25)5-8-18(17)30-23(20)24(27)29/h3-12,21H,1-2H3/t21-/m1/s1. The molecule has 4 aromatic rings. The molecule has 1 amide bonds. The molecule has 0 saturated heterocycles. The third-order valence-electron chi connectivity index (χ3n) is 5.41. The van der Waals surface area contributed by atoms with Crippen molar-refractivity contribution in [3.63, 3.8) is 0 Å². The van der Waals surface area contributed by atoms with E-state index >= 15 is 0 Å². The molecule has 1 atom stereocenters. The van der Waals surface area contributed by atoms with Gasteiger partial charge in [0.2, 0.25) is 5.76 Å². The summed E-state index contributed by atoms with van der Waals surface area (Å²) < 4.78 is 5.95. The summed E-state index contributed by atoms with van der Waals surface area (Å²) in [6.45, 7) is 1.93. The summed E-state index contributed by atoms with van der Waals surface area (Å²) in [5.74, 6) is 0.125. The zero-order valence-corrected chi connectivity index (χ0v) is 18.3. The predicted molar refractivity (Wildman–Crippen MR) is 123 cm³/mol. The van der Waals surface area contributed by atoms with Gasteiger partial charge in [-0.25, -0.2) is 4.98 Å². The second-order valence-corrected chi connectivity index (χ2v) is 8.67. The molecule has 0 saturated carbocycles. The number of aromatic nitrogens is 1. The maximum Gasteiger partial charge on any atom is 0.296 e. The van der Waals surface area contributed by atoms with Gasteiger partial charge in [-0.05, 0) is 66.8 Å². The molecule has 7 heteroatoms. The molecular formula is C24H17ClN2O3S. The minimum absolute atomic E-state index is 0.0436. The van der Waals surface area contributed by atoms with Crippen molar-refractivity contribution < 1.29 is 9.21 Å². The van der Waals surface area contributed by atoms with Crippen molar-refractivity contribution in [2.75, 3.05) is 11.2 Å². The van der Waals surface area contributed by atoms with E-state index in [1.165, 1.54) is 4.90 Å². The second kappa shape index (κ2) is 7.55. The van der Waals surface area contributed by atoms with Gasteiger partial charge in [-0.15, -0.1) is 11.8 Å². The number of nitrogens with zero attached hydrogens (tertiary/aromatic N) is 2. The minimum atomic E-state index is -0.646. The molecule has 154 valence electrons. The van der Waals surface area contributed by atoms with Gasteiger partial charge in [-0.2, -0.15) is 0 Å². The Morgan fingerprint density at radius 3 is 2.55 bits per heavy atom. The van der Waals surface area contributed by atoms with E-state index in [4.69, 9.17) is 16.0 Å². The van der Waals surface area contributed by atoms with Crippen LogP contribution in [0.4, 0.5) is 5.82 Å². The van der Waals surface area contributed by atoms with Gasteiger partial charge in [-0.3, -0.25) is 14.5 Å². The van der Waals surface area contributed by atoms with E-state index in [1.807, 2.05) is 49.6 Å². The van der Waals surface area contributed by atoms with Crippen molar-refractivity contribution in [3.05, 3.63) is 98.5 Å². The number of pyridine rings is 1. The zero-order valence-electron chi connectivity index (χ0n) is 16.8. The molecule has 0 unspecified atom stereocenters. The quantitative estimate of drug-likeness (QED) is 0.380. The monoisotopic (exact) mass is 448 g/mol. The predicted octanol–water partition coefficient (Wildman–Crippen LogP) is 5.62. The molecule has 1 aliphatic heterocycles. The molecule has 2 aromatic carbocycles. The van der Waals surface area contributed by atoms with Gasteiger partial charge in [0, 0.05) is 16.1 Å². The van der Waals surface area contributed by atoms with Crippen LogP contribution in [-0.2, 0) is 0 Å². The van der Waals surface area contributed by atoms with E-state index < -0.39 is 6.04 Å². The summed E-state index contributed by atoms with van der Waals surface area (Å²) in [7, 11) is 0. The fraction of sp³-hybridized carbons (Fsp3) is 0.125. The van der Waals surface area contributed by atoms with Crippen molar-refractivity contribution in [2.24, 2.45) is 0 Å². The van der Waals surface area contributed by atoms with Crippen LogP contribution in [0.5, 0.6) is 0 Å². The first-order valence-corrected chi connectivity index (χ1v) is 11.2. The topological polar surface area (TPSA) is 63.4 Å². The van der Waals surface area contributed by atoms with Gasteiger partial charge >= 0.3 is 0 Å². The number of halogens is 1. The SMILES string of the molecule is CSc1ccc([C@@H]2c3c(oc4ccc(Cl)cc4c3=O)C(=O)N2c2cc(C)ccn2)cc1. The van der Waals surface area contributed by atoms with Crippen molar-refractivity contribution in [1.82, 2.24) is 4.98 Å². The maximum atomic E-state index is 13.5. The van der Waals surface area contributed by atoms with E-state index in [0.717, 1.165) is 16.0 Å². The van der Waals surface area contributed by atoms with Crippen LogP contribution in [0.15, 0.2) is 74.9 Å². The molecule has 0 N–H and O–H groups in total. The average molecular weight is 449 g/mol. The van der Waals surface area contributed by atoms with Gasteiger partial charge in [0.25, 0.3) is 5.91 Å². The second-order valence-electron chi connectivity index (χ2n) is 7.36. The summed E-state index contributed by atoms with van der Waals surface area (Å²) >= 11 is 7.75. The Morgan fingerprint density at radius 1 is 1.06 bits per heavy atom. The number of aryl methyl sites for hydroxylation is 1. The molecule has 2 aromatic heterocycles. The largest absolute Gasteiger partial charge is 0.450 e. The Morgan fingerprint density at radius 2 is 1.84 bits per heavy atom. The highest BCUT2D eigenvalue weighted by Crippen LogP contribution is 2.41. The van der Waals surface area contributed by atoms with Crippen molar-refractivity contribution in [1.29, 1.82) is 0 Å². The third kappa shape index (κ3) is 3.23. The minimum Gasteiger partial charge on any atom is -0.450 e. The van der Waals surface area contributed by atoms with Crippen LogP contribution >= 0.6 is 23.4 Å². The molecule has 0 radical (unpaired) electrons. The van der Waals surface area contributed by atoms with Crippen LogP contribution < -0.4 is 10.3 Å². The fourth-order valence-electron chi connectivity index (χ4n) is 3.93. The van der Waals surface area contributed by atoms with E-state index in [1.54, 1.807) is 36.2 Å². The molecule has 0 spiro atoms. The van der Waals surface area contributed by atoms with E-state index in [2.05, 4.69) is 4.98 Å². The lowest BCUT2D eigenvalue weighted by molar-refractivity contribution is 0.0970. The molecule has 0 fully saturated rings. The van der Waals surface area contributed by atoms with Gasteiger partial charge in [-0.1, -0.05) is 23.7 Å². The van der Waals surface area contributed by atoms with Crippen LogP contribution in [-0.4, -0.2) is 17.1 Å². The fourth-order valence-corrected chi connectivity index (χ4v) is 4.52. The first-order chi connectivity index (χ1) is 15.0. The van der Waals surface area contributed by atoms with Crippen LogP contribution in [0.25, 0.3) is 11.0 Å². The third-order valence-corrected chi connectivity index (χ3v) is 6.39. The van der Waals surface area contributed by atoms with Crippen molar-refractivity contribution in [3.8, 4) is 0 Å². The number of hydrogen-bond acceptors (Lipinski definition) is 5. The Labute approximate surface area is 187 Å².